The predicted molar refractivity (Wildman–Crippen MR) is 60.0 cm³/mol. The Hall–Kier alpha value is -0.340. The van der Waals surface area contributed by atoms with Crippen LogP contribution in [0.5, 0.6) is 0 Å². The lowest BCUT2D eigenvalue weighted by molar-refractivity contribution is 0.330. The molecule has 1 nitrogen and oxygen atoms in total. The van der Waals surface area contributed by atoms with Gasteiger partial charge in [-0.1, -0.05) is 13.8 Å². The average Bonchev–Trinajstić information content (AvgIpc) is 2.50. The topological polar surface area (TPSA) is 26.0 Å². The van der Waals surface area contributed by atoms with Crippen molar-refractivity contribution in [1.82, 2.24) is 0 Å². The third kappa shape index (κ3) is 3.12. The SMILES string of the molecule is CC(C)C(Cc1ccsc1)C(C)N. The van der Waals surface area contributed by atoms with Crippen LogP contribution in [0.25, 0.3) is 0 Å². The molecule has 0 amide bonds. The second-order valence-electron chi connectivity index (χ2n) is 4.10. The first-order valence-electron chi connectivity index (χ1n) is 4.88. The molecule has 0 aromatic carbocycles. The second-order valence-corrected chi connectivity index (χ2v) is 4.88. The van der Waals surface area contributed by atoms with E-state index in [-0.39, 0.29) is 0 Å². The van der Waals surface area contributed by atoms with Crippen molar-refractivity contribution in [2.45, 2.75) is 33.2 Å². The third-order valence-electron chi connectivity index (χ3n) is 2.58. The summed E-state index contributed by atoms with van der Waals surface area (Å²) in [6.45, 7) is 6.61. The molecule has 1 rings (SSSR count). The fourth-order valence-corrected chi connectivity index (χ4v) is 2.39. The number of nitrogens with two attached hydrogens (primary N) is 1. The molecule has 13 heavy (non-hydrogen) atoms. The van der Waals surface area contributed by atoms with E-state index in [1.54, 1.807) is 11.3 Å². The van der Waals surface area contributed by atoms with Crippen LogP contribution in [-0.4, -0.2) is 6.04 Å². The quantitative estimate of drug-likeness (QED) is 0.789. The summed E-state index contributed by atoms with van der Waals surface area (Å²) < 4.78 is 0. The molecular formula is C11H19NS. The van der Waals surface area contributed by atoms with Crippen LogP contribution in [0, 0.1) is 11.8 Å². The monoisotopic (exact) mass is 197 g/mol. The number of rotatable bonds is 4. The highest BCUT2D eigenvalue weighted by atomic mass is 32.1. The highest BCUT2D eigenvalue weighted by Gasteiger charge is 2.18. The van der Waals surface area contributed by atoms with Gasteiger partial charge >= 0.3 is 0 Å². The smallest absolute Gasteiger partial charge is 0.00443 e. The molecule has 2 atom stereocenters. The van der Waals surface area contributed by atoms with Gasteiger partial charge in [-0.2, -0.15) is 11.3 Å². The standard InChI is InChI=1S/C11H19NS/c1-8(2)11(9(3)12)6-10-4-5-13-7-10/h4-5,7-9,11H,6,12H2,1-3H3. The molecule has 0 spiro atoms. The van der Waals surface area contributed by atoms with Crippen LogP contribution in [0.1, 0.15) is 26.3 Å². The maximum atomic E-state index is 5.96. The highest BCUT2D eigenvalue weighted by Crippen LogP contribution is 2.21. The van der Waals surface area contributed by atoms with Gasteiger partial charge in [-0.15, -0.1) is 0 Å². The summed E-state index contributed by atoms with van der Waals surface area (Å²) in [7, 11) is 0. The van der Waals surface area contributed by atoms with E-state index in [1.165, 1.54) is 5.56 Å². The molecule has 0 saturated heterocycles. The van der Waals surface area contributed by atoms with Crippen LogP contribution in [0.15, 0.2) is 16.8 Å². The normalized spacial score (nSPS) is 16.1. The van der Waals surface area contributed by atoms with Gasteiger partial charge in [-0.05, 0) is 47.6 Å². The summed E-state index contributed by atoms with van der Waals surface area (Å²) in [6.07, 6.45) is 1.12. The maximum Gasteiger partial charge on any atom is 0.00443 e. The van der Waals surface area contributed by atoms with Crippen molar-refractivity contribution in [1.29, 1.82) is 0 Å². The minimum atomic E-state index is 0.292. The Kier molecular flexibility index (Phi) is 3.94. The fourth-order valence-electron chi connectivity index (χ4n) is 1.71. The zero-order valence-electron chi connectivity index (χ0n) is 8.66. The Morgan fingerprint density at radius 2 is 2.08 bits per heavy atom. The van der Waals surface area contributed by atoms with Crippen LogP contribution in [0.4, 0.5) is 0 Å². The van der Waals surface area contributed by atoms with E-state index < -0.39 is 0 Å². The summed E-state index contributed by atoms with van der Waals surface area (Å²) in [5.74, 6) is 1.27. The van der Waals surface area contributed by atoms with Gasteiger partial charge in [-0.25, -0.2) is 0 Å². The fraction of sp³-hybridized carbons (Fsp3) is 0.636. The summed E-state index contributed by atoms with van der Waals surface area (Å²) in [5.41, 5.74) is 7.39. The Bertz CT molecular complexity index is 218. The molecule has 2 heteroatoms. The van der Waals surface area contributed by atoms with Crippen molar-refractivity contribution in [2.75, 3.05) is 0 Å². The summed E-state index contributed by atoms with van der Waals surface area (Å²) >= 11 is 1.76. The Morgan fingerprint density at radius 1 is 1.38 bits per heavy atom. The largest absolute Gasteiger partial charge is 0.328 e. The lowest BCUT2D eigenvalue weighted by Crippen LogP contribution is -2.31. The molecule has 0 radical (unpaired) electrons. The van der Waals surface area contributed by atoms with E-state index in [0.717, 1.165) is 6.42 Å². The van der Waals surface area contributed by atoms with Gasteiger partial charge in [0.15, 0.2) is 0 Å². The Labute approximate surface area is 85.0 Å². The van der Waals surface area contributed by atoms with Gasteiger partial charge in [0.25, 0.3) is 0 Å². The molecule has 2 unspecified atom stereocenters. The molecule has 0 aliphatic heterocycles. The van der Waals surface area contributed by atoms with Gasteiger partial charge in [0, 0.05) is 6.04 Å². The first kappa shape index (κ1) is 10.7. The molecule has 1 aromatic rings. The minimum absolute atomic E-state index is 0.292. The van der Waals surface area contributed by atoms with Crippen LogP contribution in [0.2, 0.25) is 0 Å². The zero-order chi connectivity index (χ0) is 9.84. The first-order valence-corrected chi connectivity index (χ1v) is 5.82. The molecule has 0 aliphatic carbocycles. The van der Waals surface area contributed by atoms with Crippen molar-refractivity contribution >= 4 is 11.3 Å². The van der Waals surface area contributed by atoms with E-state index in [2.05, 4.69) is 37.6 Å². The predicted octanol–water partition coefficient (Wildman–Crippen LogP) is 2.91. The van der Waals surface area contributed by atoms with Gasteiger partial charge in [0.2, 0.25) is 0 Å². The molecule has 0 fully saturated rings. The van der Waals surface area contributed by atoms with E-state index in [1.807, 2.05) is 0 Å². The van der Waals surface area contributed by atoms with Crippen molar-refractivity contribution in [3.05, 3.63) is 22.4 Å². The van der Waals surface area contributed by atoms with Gasteiger partial charge < -0.3 is 5.73 Å². The number of thiophene rings is 1. The van der Waals surface area contributed by atoms with Crippen LogP contribution >= 0.6 is 11.3 Å². The molecule has 0 aliphatic rings. The van der Waals surface area contributed by atoms with Crippen LogP contribution in [-0.2, 0) is 6.42 Å². The molecule has 1 heterocycles. The summed E-state index contributed by atoms with van der Waals surface area (Å²) in [5, 5.41) is 4.35. The van der Waals surface area contributed by atoms with Gasteiger partial charge in [0.1, 0.15) is 0 Å². The van der Waals surface area contributed by atoms with Gasteiger partial charge in [0.05, 0.1) is 0 Å². The van der Waals surface area contributed by atoms with Crippen molar-refractivity contribution < 1.29 is 0 Å². The lowest BCUT2D eigenvalue weighted by atomic mass is 9.85. The first-order chi connectivity index (χ1) is 6.11. The second kappa shape index (κ2) is 4.77. The Balaban J connectivity index is 2.58. The van der Waals surface area contributed by atoms with E-state index in [0.29, 0.717) is 17.9 Å². The number of hydrogen-bond donors (Lipinski definition) is 1. The molecule has 2 N–H and O–H groups in total. The summed E-state index contributed by atoms with van der Waals surface area (Å²) in [4.78, 5) is 0. The van der Waals surface area contributed by atoms with Crippen LogP contribution < -0.4 is 5.73 Å². The van der Waals surface area contributed by atoms with Crippen molar-refractivity contribution in [3.63, 3.8) is 0 Å². The van der Waals surface area contributed by atoms with E-state index in [4.69, 9.17) is 5.73 Å². The lowest BCUT2D eigenvalue weighted by Gasteiger charge is -2.24. The van der Waals surface area contributed by atoms with E-state index in [9.17, 15) is 0 Å². The summed E-state index contributed by atoms with van der Waals surface area (Å²) in [6, 6.07) is 2.49. The molecule has 0 saturated carbocycles. The zero-order valence-corrected chi connectivity index (χ0v) is 9.47. The van der Waals surface area contributed by atoms with Crippen LogP contribution in [0.3, 0.4) is 0 Å². The highest BCUT2D eigenvalue weighted by molar-refractivity contribution is 7.07. The van der Waals surface area contributed by atoms with Crippen molar-refractivity contribution in [3.8, 4) is 0 Å². The third-order valence-corrected chi connectivity index (χ3v) is 3.32. The average molecular weight is 197 g/mol. The Morgan fingerprint density at radius 3 is 2.46 bits per heavy atom. The number of hydrogen-bond acceptors (Lipinski definition) is 2. The van der Waals surface area contributed by atoms with Gasteiger partial charge in [-0.3, -0.25) is 0 Å². The molecule has 74 valence electrons. The van der Waals surface area contributed by atoms with Crippen molar-refractivity contribution in [2.24, 2.45) is 17.6 Å². The maximum absolute atomic E-state index is 5.96. The van der Waals surface area contributed by atoms with E-state index >= 15 is 0 Å². The molecular weight excluding hydrogens is 178 g/mol. The molecule has 0 bridgehead atoms. The minimum Gasteiger partial charge on any atom is -0.328 e. The molecule has 1 aromatic heterocycles.